The molecule has 6 aromatic rings. The summed E-state index contributed by atoms with van der Waals surface area (Å²) < 4.78 is 0. The monoisotopic (exact) mass is 550 g/mol. The van der Waals surface area contributed by atoms with E-state index >= 15 is 0 Å². The van der Waals surface area contributed by atoms with E-state index in [9.17, 15) is 9.59 Å². The van der Waals surface area contributed by atoms with Crippen LogP contribution in [0.15, 0.2) is 109 Å². The summed E-state index contributed by atoms with van der Waals surface area (Å²) in [6, 6.07) is 35.1. The summed E-state index contributed by atoms with van der Waals surface area (Å²) in [5.41, 5.74) is 8.24. The molecule has 0 saturated heterocycles. The molecule has 0 aliphatic carbocycles. The number of nitrogens with zero attached hydrogens (tertiary/aromatic N) is 2. The van der Waals surface area contributed by atoms with Crippen LogP contribution in [0.25, 0.3) is 44.3 Å². The summed E-state index contributed by atoms with van der Waals surface area (Å²) in [5, 5.41) is 7.51. The van der Waals surface area contributed by atoms with Gasteiger partial charge in [-0.05, 0) is 50.2 Å². The van der Waals surface area contributed by atoms with Gasteiger partial charge in [-0.2, -0.15) is 0 Å². The lowest BCUT2D eigenvalue weighted by Crippen LogP contribution is -2.35. The molecule has 6 rings (SSSR count). The maximum absolute atomic E-state index is 13.4. The molecule has 0 radical (unpaired) electrons. The van der Waals surface area contributed by atoms with Gasteiger partial charge in [0.1, 0.15) is 0 Å². The number of benzene rings is 4. The molecule has 0 bridgehead atoms. The number of pyridine rings is 2. The van der Waals surface area contributed by atoms with Crippen LogP contribution in [0.5, 0.6) is 0 Å². The molecule has 206 valence electrons. The number of rotatable bonds is 7. The summed E-state index contributed by atoms with van der Waals surface area (Å²) >= 11 is 0. The Morgan fingerprint density at radius 2 is 0.976 bits per heavy atom. The number of carbonyl (C=O) groups excluding carboxylic acids is 2. The molecule has 2 heterocycles. The zero-order valence-corrected chi connectivity index (χ0v) is 23.5. The second kappa shape index (κ2) is 11.6. The number of para-hydroxylation sites is 2. The summed E-state index contributed by atoms with van der Waals surface area (Å²) in [5.74, 6) is -0.430. The molecule has 6 nitrogen and oxygen atoms in total. The molecule has 0 unspecified atom stereocenters. The fourth-order valence-corrected chi connectivity index (χ4v) is 5.17. The van der Waals surface area contributed by atoms with Crippen molar-refractivity contribution in [2.45, 2.75) is 13.8 Å². The smallest absolute Gasteiger partial charge is 0.252 e. The molecular weight excluding hydrogens is 520 g/mol. The molecule has 2 aromatic heterocycles. The van der Waals surface area contributed by atoms with E-state index in [1.54, 1.807) is 0 Å². The number of aryl methyl sites for hydroxylation is 2. The second-order valence-corrected chi connectivity index (χ2v) is 10.4. The first-order chi connectivity index (χ1) is 20.5. The highest BCUT2D eigenvalue weighted by Gasteiger charge is 2.16. The predicted molar refractivity (Wildman–Crippen MR) is 168 cm³/mol. The van der Waals surface area contributed by atoms with Crippen molar-refractivity contribution >= 4 is 33.6 Å². The topological polar surface area (TPSA) is 84.0 Å². The van der Waals surface area contributed by atoms with Gasteiger partial charge in [0.25, 0.3) is 11.8 Å². The van der Waals surface area contributed by atoms with Crippen molar-refractivity contribution in [3.8, 4) is 22.5 Å². The van der Waals surface area contributed by atoms with E-state index in [-0.39, 0.29) is 24.9 Å². The van der Waals surface area contributed by atoms with E-state index in [0.29, 0.717) is 11.1 Å². The lowest BCUT2D eigenvalue weighted by molar-refractivity contribution is 0.0929. The number of aromatic nitrogens is 2. The van der Waals surface area contributed by atoms with Crippen LogP contribution in [0.1, 0.15) is 31.8 Å². The van der Waals surface area contributed by atoms with Crippen LogP contribution in [0.3, 0.4) is 0 Å². The highest BCUT2D eigenvalue weighted by Crippen LogP contribution is 2.27. The Labute approximate surface area is 244 Å². The second-order valence-electron chi connectivity index (χ2n) is 10.4. The summed E-state index contributed by atoms with van der Waals surface area (Å²) in [7, 11) is 0. The Kier molecular flexibility index (Phi) is 7.43. The van der Waals surface area contributed by atoms with E-state index in [4.69, 9.17) is 9.97 Å². The zero-order chi connectivity index (χ0) is 29.1. The van der Waals surface area contributed by atoms with Gasteiger partial charge in [0, 0.05) is 35.0 Å². The Balaban J connectivity index is 1.19. The number of fused-ring (bicyclic) bond motifs is 2. The summed E-state index contributed by atoms with van der Waals surface area (Å²) in [6.45, 7) is 4.61. The van der Waals surface area contributed by atoms with Crippen LogP contribution < -0.4 is 10.6 Å². The molecule has 0 saturated carbocycles. The molecule has 0 spiro atoms. The molecule has 0 atom stereocenters. The Bertz CT molecular complexity index is 1820. The quantitative estimate of drug-likeness (QED) is 0.212. The van der Waals surface area contributed by atoms with Crippen LogP contribution in [0.4, 0.5) is 0 Å². The molecule has 0 fully saturated rings. The summed E-state index contributed by atoms with van der Waals surface area (Å²) in [4.78, 5) is 36.3. The van der Waals surface area contributed by atoms with Gasteiger partial charge in [0.2, 0.25) is 0 Å². The number of hydrogen-bond acceptors (Lipinski definition) is 4. The number of hydrogen-bond donors (Lipinski definition) is 2. The third-order valence-corrected chi connectivity index (χ3v) is 7.25. The highest BCUT2D eigenvalue weighted by molar-refractivity contribution is 6.08. The number of amides is 2. The van der Waals surface area contributed by atoms with E-state index in [2.05, 4.69) is 22.8 Å². The number of carbonyl (C=O) groups is 2. The first-order valence-corrected chi connectivity index (χ1v) is 14.0. The Hall–Kier alpha value is -5.36. The first kappa shape index (κ1) is 26.8. The summed E-state index contributed by atoms with van der Waals surface area (Å²) in [6.07, 6.45) is 0. The van der Waals surface area contributed by atoms with Crippen molar-refractivity contribution in [1.82, 2.24) is 20.6 Å². The van der Waals surface area contributed by atoms with Gasteiger partial charge in [0.05, 0.1) is 33.5 Å². The largest absolute Gasteiger partial charge is 0.350 e. The van der Waals surface area contributed by atoms with Gasteiger partial charge in [-0.25, -0.2) is 9.97 Å². The minimum atomic E-state index is -0.215. The fourth-order valence-electron chi connectivity index (χ4n) is 5.17. The van der Waals surface area contributed by atoms with Crippen molar-refractivity contribution in [3.05, 3.63) is 131 Å². The van der Waals surface area contributed by atoms with Crippen LogP contribution in [0, 0.1) is 13.8 Å². The first-order valence-electron chi connectivity index (χ1n) is 14.0. The Morgan fingerprint density at radius 1 is 0.548 bits per heavy atom. The normalized spacial score (nSPS) is 11.0. The molecular formula is C36H30N4O2. The van der Waals surface area contributed by atoms with Crippen LogP contribution in [0.2, 0.25) is 0 Å². The van der Waals surface area contributed by atoms with Crippen molar-refractivity contribution in [3.63, 3.8) is 0 Å². The zero-order valence-electron chi connectivity index (χ0n) is 23.5. The molecule has 2 N–H and O–H groups in total. The molecule has 6 heteroatoms. The lowest BCUT2D eigenvalue weighted by atomic mass is 10.0. The molecule has 0 aliphatic heterocycles. The van der Waals surface area contributed by atoms with Crippen molar-refractivity contribution in [2.75, 3.05) is 13.1 Å². The van der Waals surface area contributed by atoms with Gasteiger partial charge in [-0.15, -0.1) is 0 Å². The molecule has 2 amide bonds. The van der Waals surface area contributed by atoms with E-state index in [1.807, 2.05) is 111 Å². The van der Waals surface area contributed by atoms with Crippen LogP contribution in [-0.4, -0.2) is 34.9 Å². The molecule has 42 heavy (non-hydrogen) atoms. The average molecular weight is 551 g/mol. The van der Waals surface area contributed by atoms with E-state index < -0.39 is 0 Å². The van der Waals surface area contributed by atoms with Crippen molar-refractivity contribution in [1.29, 1.82) is 0 Å². The minimum Gasteiger partial charge on any atom is -0.350 e. The maximum Gasteiger partial charge on any atom is 0.252 e. The van der Waals surface area contributed by atoms with Crippen molar-refractivity contribution in [2.24, 2.45) is 0 Å². The molecule has 4 aromatic carbocycles. The lowest BCUT2D eigenvalue weighted by Gasteiger charge is -2.13. The highest BCUT2D eigenvalue weighted by atomic mass is 16.2. The van der Waals surface area contributed by atoms with Gasteiger partial charge in [-0.1, -0.05) is 83.9 Å². The van der Waals surface area contributed by atoms with Crippen LogP contribution >= 0.6 is 0 Å². The van der Waals surface area contributed by atoms with Crippen LogP contribution in [-0.2, 0) is 0 Å². The van der Waals surface area contributed by atoms with Gasteiger partial charge < -0.3 is 10.6 Å². The SMILES string of the molecule is Cc1cccc(-c2cc(C(=O)NCCNC(=O)c3cc(-c4cccc(C)c4)nc4ccccc34)c3ccccc3n2)c1. The van der Waals surface area contributed by atoms with Gasteiger partial charge in [-0.3, -0.25) is 9.59 Å². The maximum atomic E-state index is 13.4. The predicted octanol–water partition coefficient (Wildman–Crippen LogP) is 6.89. The average Bonchev–Trinajstić information content (AvgIpc) is 3.01. The third kappa shape index (κ3) is 5.60. The van der Waals surface area contributed by atoms with E-state index in [0.717, 1.165) is 55.4 Å². The third-order valence-electron chi connectivity index (χ3n) is 7.25. The standard InChI is InChI=1S/C36H30N4O2/c1-23-9-7-11-25(19-23)33-21-29(27-13-3-5-15-31(27)39-33)35(41)37-17-18-38-36(42)30-22-34(26-12-8-10-24(2)20-26)40-32-16-6-4-14-28(30)32/h3-16,19-22H,17-18H2,1-2H3,(H,37,41)(H,38,42). The van der Waals surface area contributed by atoms with Crippen molar-refractivity contribution < 1.29 is 9.59 Å². The molecule has 0 aliphatic rings. The van der Waals surface area contributed by atoms with E-state index in [1.165, 1.54) is 0 Å². The minimum absolute atomic E-state index is 0.215. The fraction of sp³-hybridized carbons (Fsp3) is 0.111. The number of nitrogens with one attached hydrogen (secondary N) is 2. The Morgan fingerprint density at radius 3 is 1.40 bits per heavy atom. The van der Waals surface area contributed by atoms with Gasteiger partial charge >= 0.3 is 0 Å². The van der Waals surface area contributed by atoms with Gasteiger partial charge in [0.15, 0.2) is 0 Å².